The van der Waals surface area contributed by atoms with Gasteiger partial charge in [0.2, 0.25) is 0 Å². The van der Waals surface area contributed by atoms with Crippen molar-refractivity contribution < 1.29 is 31.5 Å². The van der Waals surface area contributed by atoms with E-state index in [9.17, 15) is 27.2 Å². The van der Waals surface area contributed by atoms with Gasteiger partial charge in [0, 0.05) is 59.5 Å². The molecule has 3 aromatic rings. The predicted molar refractivity (Wildman–Crippen MR) is 179 cm³/mol. The molecular formula is C31H37BrF5N7O3S. The van der Waals surface area contributed by atoms with Crippen LogP contribution in [0.5, 0.6) is 0 Å². The Hall–Kier alpha value is -3.57. The van der Waals surface area contributed by atoms with E-state index in [-0.39, 0.29) is 45.7 Å². The van der Waals surface area contributed by atoms with Crippen LogP contribution in [0, 0.1) is 11.6 Å². The molecule has 2 aliphatic heterocycles. The zero-order valence-corrected chi connectivity index (χ0v) is 29.3. The number of aromatic nitrogens is 2. The normalized spacial score (nSPS) is 18.4. The molecule has 1 amide bonds. The number of halogens is 6. The number of nitrogens with two attached hydrogens (primary N) is 2. The molecule has 262 valence electrons. The summed E-state index contributed by atoms with van der Waals surface area (Å²) in [5.74, 6) is 3.04. The molecule has 1 saturated heterocycles. The second-order valence-electron chi connectivity index (χ2n) is 12.4. The van der Waals surface area contributed by atoms with Crippen LogP contribution >= 0.6 is 27.7 Å². The second-order valence-corrected chi connectivity index (χ2v) is 14.3. The van der Waals surface area contributed by atoms with Gasteiger partial charge in [0.25, 0.3) is 0 Å². The van der Waals surface area contributed by atoms with Crippen LogP contribution in [-0.4, -0.2) is 57.1 Å². The predicted octanol–water partition coefficient (Wildman–Crippen LogP) is 6.33. The lowest BCUT2D eigenvalue weighted by molar-refractivity contribution is -0.137. The minimum absolute atomic E-state index is 0.0559. The van der Waals surface area contributed by atoms with E-state index in [4.69, 9.17) is 16.3 Å². The summed E-state index contributed by atoms with van der Waals surface area (Å²) in [6.45, 7) is 9.43. The number of amides is 1. The Morgan fingerprint density at radius 2 is 1.77 bits per heavy atom. The Bertz CT molecular complexity index is 1770. The zero-order valence-electron chi connectivity index (χ0n) is 26.9. The lowest BCUT2D eigenvalue weighted by Crippen LogP contribution is -2.59. The first-order valence-corrected chi connectivity index (χ1v) is 16.7. The first-order valence-electron chi connectivity index (χ1n) is 14.9. The number of aryl methyl sites for hydroxylation is 1. The van der Waals surface area contributed by atoms with Crippen LogP contribution < -0.4 is 27.6 Å². The quantitative estimate of drug-likeness (QED) is 0.121. The summed E-state index contributed by atoms with van der Waals surface area (Å²) >= 11 is 4.07. The number of anilines is 1. The summed E-state index contributed by atoms with van der Waals surface area (Å²) in [5.41, 5.74) is 3.87. The van der Waals surface area contributed by atoms with E-state index in [1.165, 1.54) is 17.0 Å². The minimum Gasteiger partial charge on any atom is -0.444 e. The summed E-state index contributed by atoms with van der Waals surface area (Å²) in [7, 11) is 0. The molecule has 0 radical (unpaired) electrons. The van der Waals surface area contributed by atoms with Crippen molar-refractivity contribution in [2.24, 2.45) is 11.6 Å². The molecule has 2 aliphatic rings. The summed E-state index contributed by atoms with van der Waals surface area (Å²) in [6.07, 6.45) is -2.22. The maximum atomic E-state index is 15.2. The summed E-state index contributed by atoms with van der Waals surface area (Å²) in [5, 5.41) is 0.0896. The standard InChI is InChI=1S/C29H30BrF5N4O3S.C2H7N3/c1-14-12-37(13-15(2)39(14)27(41)42-28(3,4)5)25-17-9-18(29(33,34)35)22(16-10-19(30)21(32)11-20(16)31)24-23(17)38(26(40)36-25)7-6-8-43-24;3-1-2-5-4/h9-11,14-15H,6-8,12-13H2,1-5H3;1-2,5H,3-4H2/b;2-1-. The largest absolute Gasteiger partial charge is 0.444 e. The number of hydrogen-bond acceptors (Lipinski definition) is 9. The SMILES string of the molecule is CC1CN(c2nc(=O)n3c4c(c(-c5cc(Br)c(F)cc5F)c(C(F)(F)F)cc24)SCCC3)CC(C)N1C(=O)OC(C)(C)C.N/C=C\NN. The average molecular weight is 763 g/mol. The number of thioether (sulfide) groups is 1. The molecule has 1 fully saturated rings. The molecule has 2 aromatic carbocycles. The molecule has 17 heteroatoms. The van der Waals surface area contributed by atoms with Gasteiger partial charge in [-0.1, -0.05) is 0 Å². The average Bonchev–Trinajstić information content (AvgIpc) is 3.20. The van der Waals surface area contributed by atoms with E-state index in [2.05, 4.69) is 26.3 Å². The first-order chi connectivity index (χ1) is 22.4. The van der Waals surface area contributed by atoms with Gasteiger partial charge in [-0.2, -0.15) is 18.2 Å². The van der Waals surface area contributed by atoms with Gasteiger partial charge in [-0.15, -0.1) is 11.8 Å². The van der Waals surface area contributed by atoms with Crippen LogP contribution in [0.3, 0.4) is 0 Å². The van der Waals surface area contributed by atoms with E-state index in [0.717, 1.165) is 23.9 Å². The van der Waals surface area contributed by atoms with Crippen molar-refractivity contribution in [3.63, 3.8) is 0 Å². The Morgan fingerprint density at radius 1 is 1.12 bits per heavy atom. The number of benzene rings is 2. The van der Waals surface area contributed by atoms with Gasteiger partial charge in [0.1, 0.15) is 23.1 Å². The Kier molecular flexibility index (Phi) is 11.3. The van der Waals surface area contributed by atoms with Crippen molar-refractivity contribution in [2.75, 3.05) is 23.7 Å². The maximum absolute atomic E-state index is 15.2. The molecule has 48 heavy (non-hydrogen) atoms. The highest BCUT2D eigenvalue weighted by atomic mass is 79.9. The number of hydrogen-bond donors (Lipinski definition) is 3. The summed E-state index contributed by atoms with van der Waals surface area (Å²) in [4.78, 5) is 34.0. The lowest BCUT2D eigenvalue weighted by Gasteiger charge is -2.45. The Balaban J connectivity index is 0.000000968. The highest BCUT2D eigenvalue weighted by Crippen LogP contribution is 2.49. The number of hydrazine groups is 1. The molecule has 5 N–H and O–H groups in total. The summed E-state index contributed by atoms with van der Waals surface area (Å²) in [6, 6.07) is 1.59. The van der Waals surface area contributed by atoms with Gasteiger partial charge < -0.3 is 20.8 Å². The van der Waals surface area contributed by atoms with Gasteiger partial charge in [-0.25, -0.2) is 18.4 Å². The molecule has 5 rings (SSSR count). The van der Waals surface area contributed by atoms with Crippen molar-refractivity contribution in [2.45, 2.75) is 76.3 Å². The fourth-order valence-corrected chi connectivity index (χ4v) is 7.35. The fourth-order valence-electron chi connectivity index (χ4n) is 5.81. The number of rotatable bonds is 3. The first kappa shape index (κ1) is 37.3. The van der Waals surface area contributed by atoms with E-state index in [1.54, 1.807) is 44.4 Å². The number of carbonyl (C=O) groups is 1. The van der Waals surface area contributed by atoms with Crippen LogP contribution in [-0.2, 0) is 17.5 Å². The molecule has 0 saturated carbocycles. The van der Waals surface area contributed by atoms with Crippen LogP contribution in [0.2, 0.25) is 0 Å². The van der Waals surface area contributed by atoms with E-state index in [1.807, 2.05) is 0 Å². The van der Waals surface area contributed by atoms with E-state index in [0.29, 0.717) is 18.2 Å². The molecule has 3 heterocycles. The number of nitrogens with zero attached hydrogens (tertiary/aromatic N) is 4. The van der Waals surface area contributed by atoms with Crippen molar-refractivity contribution in [3.05, 3.63) is 62.8 Å². The monoisotopic (exact) mass is 761 g/mol. The van der Waals surface area contributed by atoms with Crippen LogP contribution in [0.4, 0.5) is 32.6 Å². The van der Waals surface area contributed by atoms with Gasteiger partial charge >= 0.3 is 18.0 Å². The third-order valence-corrected chi connectivity index (χ3v) is 9.36. The topological polar surface area (TPSA) is 132 Å². The van der Waals surface area contributed by atoms with Crippen molar-refractivity contribution >= 4 is 50.5 Å². The van der Waals surface area contributed by atoms with Gasteiger partial charge in [-0.05, 0) is 74.9 Å². The Morgan fingerprint density at radius 3 is 2.31 bits per heavy atom. The number of alkyl halides is 3. The van der Waals surface area contributed by atoms with Gasteiger partial charge in [-0.3, -0.25) is 15.3 Å². The maximum Gasteiger partial charge on any atom is 0.417 e. The third kappa shape index (κ3) is 7.83. The lowest BCUT2D eigenvalue weighted by atomic mass is 9.95. The second kappa shape index (κ2) is 14.5. The molecule has 2 atom stereocenters. The zero-order chi connectivity index (χ0) is 35.7. The number of piperazine rings is 1. The van der Waals surface area contributed by atoms with E-state index < -0.39 is 64.0 Å². The van der Waals surface area contributed by atoms with Gasteiger partial charge in [0.05, 0.1) is 27.6 Å². The van der Waals surface area contributed by atoms with Crippen LogP contribution in [0.15, 0.2) is 44.8 Å². The molecule has 0 bridgehead atoms. The van der Waals surface area contributed by atoms with E-state index >= 15 is 4.39 Å². The Labute approximate surface area is 286 Å². The van der Waals surface area contributed by atoms with Crippen molar-refractivity contribution in [3.8, 4) is 11.1 Å². The summed E-state index contributed by atoms with van der Waals surface area (Å²) < 4.78 is 80.4. The highest BCUT2D eigenvalue weighted by molar-refractivity contribution is 9.10. The molecule has 1 aromatic heterocycles. The van der Waals surface area contributed by atoms with Crippen LogP contribution in [0.1, 0.15) is 46.6 Å². The molecule has 0 aliphatic carbocycles. The number of nitrogens with one attached hydrogen (secondary N) is 1. The van der Waals surface area contributed by atoms with Gasteiger partial charge in [0.15, 0.2) is 0 Å². The fraction of sp³-hybridized carbons (Fsp3) is 0.452. The highest BCUT2D eigenvalue weighted by Gasteiger charge is 2.40. The molecule has 10 nitrogen and oxygen atoms in total. The van der Waals surface area contributed by atoms with Crippen LogP contribution in [0.25, 0.3) is 22.0 Å². The number of carbonyl (C=O) groups excluding carboxylic acids is 1. The third-order valence-electron chi connectivity index (χ3n) is 7.57. The van der Waals surface area contributed by atoms with Crippen molar-refractivity contribution in [1.29, 1.82) is 0 Å². The molecular weight excluding hydrogens is 725 g/mol. The molecule has 2 unspecified atom stereocenters. The number of ether oxygens (including phenoxy) is 1. The molecule has 0 spiro atoms. The smallest absolute Gasteiger partial charge is 0.417 e. The minimum atomic E-state index is -4.92. The van der Waals surface area contributed by atoms with Crippen molar-refractivity contribution in [1.82, 2.24) is 19.9 Å².